The van der Waals surface area contributed by atoms with Crippen LogP contribution in [0.3, 0.4) is 0 Å². The maximum Gasteiger partial charge on any atom is 0.331 e. The minimum atomic E-state index is -0.638. The van der Waals surface area contributed by atoms with Crippen molar-refractivity contribution >= 4 is 46.8 Å². The quantitative estimate of drug-likeness (QED) is 0.600. The van der Waals surface area contributed by atoms with E-state index in [1.807, 2.05) is 26.0 Å². The summed E-state index contributed by atoms with van der Waals surface area (Å²) in [7, 11) is 0. The Morgan fingerprint density at radius 3 is 2.52 bits per heavy atom. The first-order chi connectivity index (χ1) is 11.8. The molecule has 2 aromatic carbocycles. The highest BCUT2D eigenvalue weighted by atomic mass is 35.5. The van der Waals surface area contributed by atoms with Crippen molar-refractivity contribution in [1.82, 2.24) is 0 Å². The number of esters is 1. The minimum Gasteiger partial charge on any atom is -0.452 e. The Bertz CT molecular complexity index is 831. The van der Waals surface area contributed by atoms with Gasteiger partial charge in [-0.3, -0.25) is 4.79 Å². The van der Waals surface area contributed by atoms with Gasteiger partial charge >= 0.3 is 5.97 Å². The van der Waals surface area contributed by atoms with Gasteiger partial charge in [0.25, 0.3) is 5.91 Å². The summed E-state index contributed by atoms with van der Waals surface area (Å²) < 4.78 is 4.91. The van der Waals surface area contributed by atoms with Gasteiger partial charge in [-0.05, 0) is 60.9 Å². The average molecular weight is 378 g/mol. The number of hydrogen-bond donors (Lipinski definition) is 1. The highest BCUT2D eigenvalue weighted by Gasteiger charge is 2.07. The lowest BCUT2D eigenvalue weighted by Crippen LogP contribution is -2.20. The molecular weight excluding hydrogens is 361 g/mol. The van der Waals surface area contributed by atoms with Crippen molar-refractivity contribution in [3.05, 3.63) is 69.2 Å². The normalized spacial score (nSPS) is 10.7. The van der Waals surface area contributed by atoms with E-state index in [4.69, 9.17) is 27.9 Å². The molecule has 0 fully saturated rings. The number of nitrogens with one attached hydrogen (secondary N) is 1. The molecule has 0 saturated heterocycles. The third kappa shape index (κ3) is 5.93. The lowest BCUT2D eigenvalue weighted by molar-refractivity contribution is -0.142. The van der Waals surface area contributed by atoms with Crippen LogP contribution in [0, 0.1) is 13.8 Å². The molecule has 0 atom stereocenters. The molecule has 0 saturated carbocycles. The number of ether oxygens (including phenoxy) is 1. The second kappa shape index (κ2) is 8.70. The molecule has 2 aromatic rings. The Kier molecular flexibility index (Phi) is 6.62. The molecule has 0 aliphatic carbocycles. The van der Waals surface area contributed by atoms with E-state index >= 15 is 0 Å². The van der Waals surface area contributed by atoms with Crippen molar-refractivity contribution in [3.8, 4) is 0 Å². The fraction of sp³-hybridized carbons (Fsp3) is 0.158. The predicted molar refractivity (Wildman–Crippen MR) is 101 cm³/mol. The number of aryl methyl sites for hydroxylation is 2. The molecular formula is C19H17Cl2NO3. The van der Waals surface area contributed by atoms with Crippen LogP contribution >= 0.6 is 23.2 Å². The fourth-order valence-electron chi connectivity index (χ4n) is 2.00. The van der Waals surface area contributed by atoms with E-state index in [0.29, 0.717) is 21.3 Å². The van der Waals surface area contributed by atoms with Crippen molar-refractivity contribution in [2.45, 2.75) is 13.8 Å². The Balaban J connectivity index is 1.85. The molecule has 0 aromatic heterocycles. The van der Waals surface area contributed by atoms with Crippen LogP contribution in [0.25, 0.3) is 6.08 Å². The number of rotatable bonds is 5. The summed E-state index contributed by atoms with van der Waals surface area (Å²) in [6.07, 6.45) is 2.71. The van der Waals surface area contributed by atoms with Crippen LogP contribution in [0.15, 0.2) is 42.5 Å². The molecule has 0 heterocycles. The van der Waals surface area contributed by atoms with Crippen molar-refractivity contribution in [2.24, 2.45) is 0 Å². The molecule has 2 rings (SSSR count). The third-order valence-corrected chi connectivity index (χ3v) is 4.06. The average Bonchev–Trinajstić information content (AvgIpc) is 2.55. The summed E-state index contributed by atoms with van der Waals surface area (Å²) in [6, 6.07) is 10.5. The van der Waals surface area contributed by atoms with Crippen molar-refractivity contribution in [1.29, 1.82) is 0 Å². The summed E-state index contributed by atoms with van der Waals surface area (Å²) in [5.74, 6) is -1.05. The second-order valence-electron chi connectivity index (χ2n) is 5.45. The first kappa shape index (κ1) is 19.0. The maximum absolute atomic E-state index is 11.8. The fourth-order valence-corrected chi connectivity index (χ4v) is 2.47. The molecule has 0 bridgehead atoms. The molecule has 1 N–H and O–H groups in total. The Morgan fingerprint density at radius 2 is 1.84 bits per heavy atom. The van der Waals surface area contributed by atoms with Gasteiger partial charge in [-0.1, -0.05) is 35.3 Å². The van der Waals surface area contributed by atoms with Crippen LogP contribution in [0.1, 0.15) is 16.7 Å². The van der Waals surface area contributed by atoms with E-state index in [-0.39, 0.29) is 6.61 Å². The number of halogens is 2. The molecule has 25 heavy (non-hydrogen) atoms. The van der Waals surface area contributed by atoms with Gasteiger partial charge in [-0.2, -0.15) is 0 Å². The molecule has 0 spiro atoms. The summed E-state index contributed by atoms with van der Waals surface area (Å²) in [4.78, 5) is 23.5. The first-order valence-corrected chi connectivity index (χ1v) is 8.28. The van der Waals surface area contributed by atoms with Gasteiger partial charge in [0.05, 0.1) is 0 Å². The maximum atomic E-state index is 11.8. The monoisotopic (exact) mass is 377 g/mol. The van der Waals surface area contributed by atoms with E-state index in [2.05, 4.69) is 5.32 Å². The van der Waals surface area contributed by atoms with Crippen LogP contribution in [0.2, 0.25) is 10.0 Å². The molecule has 1 amide bonds. The molecule has 0 aliphatic rings. The second-order valence-corrected chi connectivity index (χ2v) is 6.30. The van der Waals surface area contributed by atoms with Gasteiger partial charge < -0.3 is 10.1 Å². The van der Waals surface area contributed by atoms with E-state index in [0.717, 1.165) is 11.1 Å². The van der Waals surface area contributed by atoms with Crippen molar-refractivity contribution in [3.63, 3.8) is 0 Å². The third-order valence-electron chi connectivity index (χ3n) is 3.50. The van der Waals surface area contributed by atoms with Crippen LogP contribution in [-0.2, 0) is 14.3 Å². The summed E-state index contributed by atoms with van der Waals surface area (Å²) in [5, 5.41) is 3.61. The number of carbonyl (C=O) groups excluding carboxylic acids is 2. The minimum absolute atomic E-state index is 0.371. The predicted octanol–water partition coefficient (Wildman–Crippen LogP) is 4.81. The number of anilines is 1. The van der Waals surface area contributed by atoms with E-state index in [1.165, 1.54) is 12.2 Å². The lowest BCUT2D eigenvalue weighted by Gasteiger charge is -2.07. The van der Waals surface area contributed by atoms with Crippen LogP contribution in [0.5, 0.6) is 0 Å². The lowest BCUT2D eigenvalue weighted by atomic mass is 10.1. The van der Waals surface area contributed by atoms with E-state index in [9.17, 15) is 9.59 Å². The van der Waals surface area contributed by atoms with Crippen molar-refractivity contribution in [2.75, 3.05) is 11.9 Å². The Hall–Kier alpha value is -2.30. The van der Waals surface area contributed by atoms with E-state index in [1.54, 1.807) is 24.3 Å². The summed E-state index contributed by atoms with van der Waals surface area (Å²) in [6.45, 7) is 3.57. The summed E-state index contributed by atoms with van der Waals surface area (Å²) in [5.41, 5.74) is 3.49. The molecule has 130 valence electrons. The largest absolute Gasteiger partial charge is 0.452 e. The number of amides is 1. The number of benzene rings is 2. The molecule has 4 nitrogen and oxygen atoms in total. The zero-order valence-corrected chi connectivity index (χ0v) is 15.3. The van der Waals surface area contributed by atoms with Crippen LogP contribution in [0.4, 0.5) is 5.69 Å². The molecule has 0 unspecified atom stereocenters. The number of hydrogen-bond acceptors (Lipinski definition) is 3. The first-order valence-electron chi connectivity index (χ1n) is 7.52. The topological polar surface area (TPSA) is 55.4 Å². The molecule has 6 heteroatoms. The SMILES string of the molecule is Cc1ccc(NC(=O)COC(=O)/C=C/c2ccc(Cl)cc2Cl)cc1C. The zero-order valence-electron chi connectivity index (χ0n) is 13.8. The van der Waals surface area contributed by atoms with Gasteiger partial charge in [0, 0.05) is 21.8 Å². The van der Waals surface area contributed by atoms with Crippen molar-refractivity contribution < 1.29 is 14.3 Å². The highest BCUT2D eigenvalue weighted by molar-refractivity contribution is 6.35. The van der Waals surface area contributed by atoms with Gasteiger partial charge in [0.2, 0.25) is 0 Å². The van der Waals surface area contributed by atoms with Gasteiger partial charge in [0.1, 0.15) is 0 Å². The molecule has 0 aliphatic heterocycles. The Labute approximate surface area is 156 Å². The standard InChI is InChI=1S/C19H17Cl2NO3/c1-12-3-7-16(9-13(12)2)22-18(23)11-25-19(24)8-5-14-4-6-15(20)10-17(14)21/h3-10H,11H2,1-2H3,(H,22,23)/b8-5+. The van der Waals surface area contributed by atoms with Crippen LogP contribution in [-0.4, -0.2) is 18.5 Å². The van der Waals surface area contributed by atoms with E-state index < -0.39 is 11.9 Å². The van der Waals surface area contributed by atoms with Crippen LogP contribution < -0.4 is 5.32 Å². The highest BCUT2D eigenvalue weighted by Crippen LogP contribution is 2.22. The molecule has 0 radical (unpaired) electrons. The van der Waals surface area contributed by atoms with Gasteiger partial charge in [-0.25, -0.2) is 4.79 Å². The summed E-state index contributed by atoms with van der Waals surface area (Å²) >= 11 is 11.8. The zero-order chi connectivity index (χ0) is 18.4. The van der Waals surface area contributed by atoms with Gasteiger partial charge in [-0.15, -0.1) is 0 Å². The number of carbonyl (C=O) groups is 2. The smallest absolute Gasteiger partial charge is 0.331 e. The van der Waals surface area contributed by atoms with Gasteiger partial charge in [0.15, 0.2) is 6.61 Å². The Morgan fingerprint density at radius 1 is 1.08 bits per heavy atom.